The van der Waals surface area contributed by atoms with Gasteiger partial charge in [-0.15, -0.1) is 11.8 Å². The zero-order chi connectivity index (χ0) is 21.5. The molecule has 8 nitrogen and oxygen atoms in total. The maximum Gasteiger partial charge on any atom is 0.282 e. The van der Waals surface area contributed by atoms with Gasteiger partial charge >= 0.3 is 0 Å². The number of nitro benzene ring substituents is 1. The predicted molar refractivity (Wildman–Crippen MR) is 115 cm³/mol. The van der Waals surface area contributed by atoms with Crippen molar-refractivity contribution in [3.63, 3.8) is 0 Å². The summed E-state index contributed by atoms with van der Waals surface area (Å²) in [5.41, 5.74) is 0.908. The molecule has 0 saturated carbocycles. The molecule has 1 atom stereocenters. The van der Waals surface area contributed by atoms with Gasteiger partial charge in [0.05, 0.1) is 31.3 Å². The second-order valence-electron chi connectivity index (χ2n) is 6.79. The van der Waals surface area contributed by atoms with E-state index in [0.717, 1.165) is 29.3 Å². The molecule has 0 spiro atoms. The first-order chi connectivity index (χ1) is 14.5. The molecule has 1 aliphatic rings. The summed E-state index contributed by atoms with van der Waals surface area (Å²) in [7, 11) is 1.62. The first-order valence-corrected chi connectivity index (χ1v) is 10.8. The number of thioether (sulfide) groups is 1. The second-order valence-corrected chi connectivity index (χ2v) is 7.67. The SMILES string of the molecule is COc1ccc([C@@H](CNC(=O)c2cc(SC)ccc2[N+](=O)[O-])N2CCOCC2)cc1. The summed E-state index contributed by atoms with van der Waals surface area (Å²) in [5.74, 6) is 0.303. The van der Waals surface area contributed by atoms with E-state index in [1.54, 1.807) is 19.2 Å². The fourth-order valence-electron chi connectivity index (χ4n) is 3.44. The molecular formula is C21H25N3O5S. The van der Waals surface area contributed by atoms with Crippen molar-refractivity contribution in [2.24, 2.45) is 0 Å². The van der Waals surface area contributed by atoms with Crippen LogP contribution in [-0.4, -0.2) is 61.9 Å². The lowest BCUT2D eigenvalue weighted by Gasteiger charge is -2.35. The first kappa shape index (κ1) is 22.1. The third-order valence-corrected chi connectivity index (χ3v) is 5.81. The fourth-order valence-corrected chi connectivity index (χ4v) is 3.88. The fraction of sp³-hybridized carbons (Fsp3) is 0.381. The third-order valence-electron chi connectivity index (χ3n) is 5.09. The normalized spacial score (nSPS) is 15.4. The molecule has 0 aliphatic carbocycles. The Balaban J connectivity index is 1.81. The van der Waals surface area contributed by atoms with Gasteiger partial charge < -0.3 is 14.8 Å². The van der Waals surface area contributed by atoms with E-state index in [1.165, 1.54) is 17.8 Å². The molecule has 0 unspecified atom stereocenters. The molecule has 1 heterocycles. The van der Waals surface area contributed by atoms with Crippen LogP contribution in [0.4, 0.5) is 5.69 Å². The van der Waals surface area contributed by atoms with E-state index in [9.17, 15) is 14.9 Å². The molecule has 30 heavy (non-hydrogen) atoms. The van der Waals surface area contributed by atoms with E-state index < -0.39 is 10.8 Å². The lowest BCUT2D eigenvalue weighted by atomic mass is 10.0. The molecule has 3 rings (SSSR count). The maximum absolute atomic E-state index is 12.9. The van der Waals surface area contributed by atoms with Crippen LogP contribution < -0.4 is 10.1 Å². The van der Waals surface area contributed by atoms with Gasteiger partial charge in [0.2, 0.25) is 0 Å². The van der Waals surface area contributed by atoms with Crippen LogP contribution in [0, 0.1) is 10.1 Å². The Bertz CT molecular complexity index is 885. The minimum absolute atomic E-state index is 0.0716. The van der Waals surface area contributed by atoms with E-state index in [1.807, 2.05) is 30.5 Å². The molecule has 2 aromatic carbocycles. The number of methoxy groups -OCH3 is 1. The van der Waals surface area contributed by atoms with Crippen LogP contribution in [0.5, 0.6) is 5.75 Å². The topological polar surface area (TPSA) is 93.9 Å². The van der Waals surface area contributed by atoms with E-state index >= 15 is 0 Å². The van der Waals surface area contributed by atoms with Gasteiger partial charge in [-0.3, -0.25) is 19.8 Å². The average molecular weight is 432 g/mol. The van der Waals surface area contributed by atoms with Gasteiger partial charge in [-0.2, -0.15) is 0 Å². The molecule has 1 saturated heterocycles. The zero-order valence-corrected chi connectivity index (χ0v) is 17.8. The third kappa shape index (κ3) is 5.29. The Kier molecular flexibility index (Phi) is 7.67. The van der Waals surface area contributed by atoms with Gasteiger partial charge in [0.1, 0.15) is 11.3 Å². The molecule has 0 radical (unpaired) electrons. The lowest BCUT2D eigenvalue weighted by Crippen LogP contribution is -2.43. The number of nitrogens with one attached hydrogen (secondary N) is 1. The van der Waals surface area contributed by atoms with Gasteiger partial charge in [0.15, 0.2) is 0 Å². The molecule has 2 aromatic rings. The van der Waals surface area contributed by atoms with Gasteiger partial charge in [-0.05, 0) is 36.1 Å². The number of amides is 1. The highest BCUT2D eigenvalue weighted by Crippen LogP contribution is 2.26. The quantitative estimate of drug-likeness (QED) is 0.390. The average Bonchev–Trinajstić information content (AvgIpc) is 2.79. The number of nitrogens with zero attached hydrogens (tertiary/aromatic N) is 2. The highest BCUT2D eigenvalue weighted by Gasteiger charge is 2.26. The smallest absolute Gasteiger partial charge is 0.282 e. The largest absolute Gasteiger partial charge is 0.497 e. The number of morpholine rings is 1. The van der Waals surface area contributed by atoms with Crippen LogP contribution in [0.2, 0.25) is 0 Å². The summed E-state index contributed by atoms with van der Waals surface area (Å²) in [6.45, 7) is 3.07. The van der Waals surface area contributed by atoms with Crippen LogP contribution >= 0.6 is 11.8 Å². The summed E-state index contributed by atoms with van der Waals surface area (Å²) < 4.78 is 10.7. The number of rotatable bonds is 8. The summed E-state index contributed by atoms with van der Waals surface area (Å²) >= 11 is 1.43. The Morgan fingerprint density at radius 1 is 1.27 bits per heavy atom. The standard InChI is InChI=1S/C21H25N3O5S/c1-28-16-5-3-15(4-6-16)20(23-9-11-29-12-10-23)14-22-21(25)18-13-17(30-2)7-8-19(18)24(26)27/h3-8,13,20H,9-12,14H2,1-2H3,(H,22,25)/t20-/m1/s1. The minimum atomic E-state index is -0.526. The van der Waals surface area contributed by atoms with E-state index in [4.69, 9.17) is 9.47 Å². The molecule has 9 heteroatoms. The summed E-state index contributed by atoms with van der Waals surface area (Å²) in [4.78, 5) is 26.8. The molecule has 1 fully saturated rings. The van der Waals surface area contributed by atoms with Crippen molar-refractivity contribution in [2.45, 2.75) is 10.9 Å². The molecule has 0 aromatic heterocycles. The molecule has 160 valence electrons. The summed E-state index contributed by atoms with van der Waals surface area (Å²) in [5, 5.41) is 14.3. The van der Waals surface area contributed by atoms with Crippen molar-refractivity contribution in [1.29, 1.82) is 0 Å². The number of hydrogen-bond donors (Lipinski definition) is 1. The highest BCUT2D eigenvalue weighted by atomic mass is 32.2. The zero-order valence-electron chi connectivity index (χ0n) is 17.0. The second kappa shape index (κ2) is 10.4. The Hall–Kier alpha value is -2.62. The molecular weight excluding hydrogens is 406 g/mol. The Labute approximate surface area is 179 Å². The lowest BCUT2D eigenvalue weighted by molar-refractivity contribution is -0.385. The molecule has 0 bridgehead atoms. The number of hydrogen-bond acceptors (Lipinski definition) is 7. The van der Waals surface area contributed by atoms with Crippen LogP contribution in [-0.2, 0) is 4.74 Å². The van der Waals surface area contributed by atoms with Crippen LogP contribution in [0.15, 0.2) is 47.4 Å². The van der Waals surface area contributed by atoms with Crippen molar-refractivity contribution in [3.05, 3.63) is 63.7 Å². The van der Waals surface area contributed by atoms with Gasteiger partial charge in [-0.1, -0.05) is 12.1 Å². The van der Waals surface area contributed by atoms with Gasteiger partial charge in [0.25, 0.3) is 11.6 Å². The van der Waals surface area contributed by atoms with Crippen molar-refractivity contribution in [3.8, 4) is 5.75 Å². The van der Waals surface area contributed by atoms with Crippen molar-refractivity contribution in [1.82, 2.24) is 10.2 Å². The highest BCUT2D eigenvalue weighted by molar-refractivity contribution is 7.98. The van der Waals surface area contributed by atoms with Crippen molar-refractivity contribution < 1.29 is 19.2 Å². The predicted octanol–water partition coefficient (Wildman–Crippen LogP) is 3.13. The van der Waals surface area contributed by atoms with Crippen LogP contribution in [0.1, 0.15) is 22.0 Å². The van der Waals surface area contributed by atoms with Crippen molar-refractivity contribution >= 4 is 23.4 Å². The van der Waals surface area contributed by atoms with Gasteiger partial charge in [-0.25, -0.2) is 0 Å². The number of nitro groups is 1. The van der Waals surface area contributed by atoms with Gasteiger partial charge in [0, 0.05) is 30.6 Å². The van der Waals surface area contributed by atoms with E-state index in [2.05, 4.69) is 10.2 Å². The van der Waals surface area contributed by atoms with Crippen LogP contribution in [0.25, 0.3) is 0 Å². The molecule has 1 aliphatic heterocycles. The molecule has 1 N–H and O–H groups in total. The van der Waals surface area contributed by atoms with E-state index in [0.29, 0.717) is 19.8 Å². The maximum atomic E-state index is 12.9. The number of ether oxygens (including phenoxy) is 2. The molecule has 1 amide bonds. The monoisotopic (exact) mass is 431 g/mol. The minimum Gasteiger partial charge on any atom is -0.497 e. The van der Waals surface area contributed by atoms with Crippen molar-refractivity contribution in [2.75, 3.05) is 46.2 Å². The summed E-state index contributed by atoms with van der Waals surface area (Å²) in [6, 6.07) is 12.2. The summed E-state index contributed by atoms with van der Waals surface area (Å²) in [6.07, 6.45) is 1.86. The Morgan fingerprint density at radius 2 is 1.97 bits per heavy atom. The number of carbonyl (C=O) groups excluding carboxylic acids is 1. The Morgan fingerprint density at radius 3 is 2.57 bits per heavy atom. The van der Waals surface area contributed by atoms with Crippen LogP contribution in [0.3, 0.4) is 0 Å². The number of carbonyl (C=O) groups is 1. The first-order valence-electron chi connectivity index (χ1n) is 9.60. The van der Waals surface area contributed by atoms with E-state index in [-0.39, 0.29) is 17.3 Å². The number of benzene rings is 2.